The first-order valence-corrected chi connectivity index (χ1v) is 6.01. The van der Waals surface area contributed by atoms with Crippen LogP contribution in [0.15, 0.2) is 24.3 Å². The molecular formula is C13H14N2O3S. The van der Waals surface area contributed by atoms with Crippen LogP contribution in [0.3, 0.4) is 0 Å². The maximum Gasteiger partial charge on any atom is 0.356 e. The normalized spacial score (nSPS) is 10.3. The Hall–Kier alpha value is -2.08. The lowest BCUT2D eigenvalue weighted by Gasteiger charge is -2.07. The number of aromatic amines is 1. The van der Waals surface area contributed by atoms with E-state index in [1.807, 2.05) is 24.3 Å². The van der Waals surface area contributed by atoms with Crippen molar-refractivity contribution in [1.29, 1.82) is 0 Å². The van der Waals surface area contributed by atoms with Crippen LogP contribution in [-0.2, 0) is 11.8 Å². The highest BCUT2D eigenvalue weighted by Gasteiger charge is 2.19. The Bertz CT molecular complexity index is 673. The second-order valence-electron chi connectivity index (χ2n) is 3.94. The summed E-state index contributed by atoms with van der Waals surface area (Å²) in [6, 6.07) is 7.41. The van der Waals surface area contributed by atoms with Gasteiger partial charge in [-0.2, -0.15) is 0 Å². The number of hydrogen-bond donors (Lipinski definition) is 1. The molecule has 2 rings (SSSR count). The number of rotatable bonds is 3. The van der Waals surface area contributed by atoms with Crippen molar-refractivity contribution in [2.45, 2.75) is 0 Å². The summed E-state index contributed by atoms with van der Waals surface area (Å²) in [4.78, 5) is 14.6. The van der Waals surface area contributed by atoms with Crippen molar-refractivity contribution in [1.82, 2.24) is 9.55 Å². The number of nitrogens with zero attached hydrogens (tertiary/aromatic N) is 1. The summed E-state index contributed by atoms with van der Waals surface area (Å²) in [5.41, 5.74) is 1.84. The minimum atomic E-state index is -0.454. The van der Waals surface area contributed by atoms with Crippen molar-refractivity contribution in [2.24, 2.45) is 7.05 Å². The van der Waals surface area contributed by atoms with E-state index in [0.29, 0.717) is 21.9 Å². The minimum absolute atomic E-state index is 0.336. The predicted molar refractivity (Wildman–Crippen MR) is 73.9 cm³/mol. The van der Waals surface area contributed by atoms with Crippen molar-refractivity contribution in [3.63, 3.8) is 0 Å². The Morgan fingerprint density at radius 1 is 1.37 bits per heavy atom. The summed E-state index contributed by atoms with van der Waals surface area (Å²) in [6.07, 6.45) is 0. The number of carbonyl (C=O) groups excluding carboxylic acids is 1. The van der Waals surface area contributed by atoms with E-state index in [0.717, 1.165) is 5.56 Å². The number of ether oxygens (including phenoxy) is 2. The number of nitrogens with one attached hydrogen (secondary N) is 1. The Labute approximate surface area is 115 Å². The molecule has 1 N–H and O–H groups in total. The first-order chi connectivity index (χ1) is 9.08. The third kappa shape index (κ3) is 2.39. The zero-order valence-corrected chi connectivity index (χ0v) is 11.7. The van der Waals surface area contributed by atoms with Crippen LogP contribution in [0.1, 0.15) is 10.5 Å². The van der Waals surface area contributed by atoms with Crippen molar-refractivity contribution in [3.8, 4) is 17.0 Å². The van der Waals surface area contributed by atoms with Gasteiger partial charge >= 0.3 is 5.97 Å². The predicted octanol–water partition coefficient (Wildman–Crippen LogP) is 2.54. The van der Waals surface area contributed by atoms with E-state index in [2.05, 4.69) is 4.98 Å². The van der Waals surface area contributed by atoms with Gasteiger partial charge in [0.15, 0.2) is 10.5 Å². The van der Waals surface area contributed by atoms with Gasteiger partial charge in [-0.15, -0.1) is 0 Å². The Morgan fingerprint density at radius 2 is 2.11 bits per heavy atom. The third-order valence-electron chi connectivity index (χ3n) is 2.84. The highest BCUT2D eigenvalue weighted by molar-refractivity contribution is 7.71. The molecule has 0 saturated carbocycles. The second-order valence-corrected chi connectivity index (χ2v) is 4.32. The average molecular weight is 278 g/mol. The molecule has 6 heteroatoms. The van der Waals surface area contributed by atoms with Crippen LogP contribution in [0.25, 0.3) is 11.3 Å². The molecule has 5 nitrogen and oxygen atoms in total. The van der Waals surface area contributed by atoms with E-state index in [9.17, 15) is 4.79 Å². The lowest BCUT2D eigenvalue weighted by molar-refractivity contribution is 0.0595. The molecule has 0 aliphatic rings. The molecule has 19 heavy (non-hydrogen) atoms. The van der Waals surface area contributed by atoms with Gasteiger partial charge in [-0.25, -0.2) is 4.79 Å². The maximum atomic E-state index is 11.8. The van der Waals surface area contributed by atoms with E-state index < -0.39 is 5.97 Å². The SMILES string of the molecule is COC(=O)c1[nH]c(=S)n(C)c1-c1cccc(OC)c1. The Balaban J connectivity index is 2.66. The first kappa shape index (κ1) is 13.4. The highest BCUT2D eigenvalue weighted by atomic mass is 32.1. The van der Waals surface area contributed by atoms with Crippen molar-refractivity contribution < 1.29 is 14.3 Å². The van der Waals surface area contributed by atoms with Gasteiger partial charge in [0, 0.05) is 12.6 Å². The van der Waals surface area contributed by atoms with E-state index in [4.69, 9.17) is 21.7 Å². The fraction of sp³-hybridized carbons (Fsp3) is 0.231. The van der Waals surface area contributed by atoms with Crippen molar-refractivity contribution >= 4 is 18.2 Å². The molecule has 0 atom stereocenters. The lowest BCUT2D eigenvalue weighted by atomic mass is 10.1. The quantitative estimate of drug-likeness (QED) is 0.692. The van der Waals surface area contributed by atoms with Crippen molar-refractivity contribution in [2.75, 3.05) is 14.2 Å². The summed E-state index contributed by atoms with van der Waals surface area (Å²) in [6.45, 7) is 0. The van der Waals surface area contributed by atoms with Crippen molar-refractivity contribution in [3.05, 3.63) is 34.7 Å². The zero-order chi connectivity index (χ0) is 14.0. The third-order valence-corrected chi connectivity index (χ3v) is 3.22. The zero-order valence-electron chi connectivity index (χ0n) is 10.9. The van der Waals surface area contributed by atoms with Gasteiger partial charge in [0.2, 0.25) is 0 Å². The van der Waals surface area contributed by atoms with E-state index in [1.54, 1.807) is 18.7 Å². The number of carbonyl (C=O) groups is 1. The number of aromatic nitrogens is 2. The molecule has 0 radical (unpaired) electrons. The first-order valence-electron chi connectivity index (χ1n) is 5.60. The molecule has 1 aromatic carbocycles. The van der Waals surface area contributed by atoms with Gasteiger partial charge < -0.3 is 19.0 Å². The standard InChI is InChI=1S/C13H14N2O3S/c1-15-11(8-5-4-6-9(7-8)17-2)10(12(16)18-3)14-13(15)19/h4-7H,1-3H3,(H,14,19). The smallest absolute Gasteiger partial charge is 0.356 e. The summed E-state index contributed by atoms with van der Waals surface area (Å²) in [5, 5.41) is 0. The van der Waals surface area contributed by atoms with E-state index in [1.165, 1.54) is 7.11 Å². The summed E-state index contributed by atoms with van der Waals surface area (Å²) < 4.78 is 12.1. The molecule has 0 aliphatic carbocycles. The van der Waals surface area contributed by atoms with Crippen LogP contribution < -0.4 is 4.74 Å². The monoisotopic (exact) mass is 278 g/mol. The number of benzene rings is 1. The largest absolute Gasteiger partial charge is 0.497 e. The topological polar surface area (TPSA) is 56.2 Å². The molecule has 0 fully saturated rings. The number of methoxy groups -OCH3 is 2. The molecule has 1 aromatic heterocycles. The number of imidazole rings is 1. The minimum Gasteiger partial charge on any atom is -0.497 e. The fourth-order valence-corrected chi connectivity index (χ4v) is 2.07. The van der Waals surface area contributed by atoms with Crippen LogP contribution in [0.5, 0.6) is 5.75 Å². The second kappa shape index (κ2) is 5.27. The van der Waals surface area contributed by atoms with Crippen LogP contribution in [-0.4, -0.2) is 29.7 Å². The van der Waals surface area contributed by atoms with Gasteiger partial charge in [-0.3, -0.25) is 0 Å². The van der Waals surface area contributed by atoms with Gasteiger partial charge in [0.25, 0.3) is 0 Å². The van der Waals surface area contributed by atoms with Gasteiger partial charge in [-0.1, -0.05) is 12.1 Å². The molecule has 2 aromatic rings. The molecule has 0 saturated heterocycles. The Morgan fingerprint density at radius 3 is 2.74 bits per heavy atom. The summed E-state index contributed by atoms with van der Waals surface area (Å²) in [7, 11) is 4.72. The molecule has 0 amide bonds. The molecule has 0 spiro atoms. The molecule has 1 heterocycles. The molecular weight excluding hydrogens is 264 g/mol. The van der Waals surface area contributed by atoms with E-state index >= 15 is 0 Å². The Kier molecular flexibility index (Phi) is 3.71. The van der Waals surface area contributed by atoms with Crippen LogP contribution in [0.4, 0.5) is 0 Å². The van der Waals surface area contributed by atoms with Crippen LogP contribution >= 0.6 is 12.2 Å². The number of H-pyrrole nitrogens is 1. The maximum absolute atomic E-state index is 11.8. The molecule has 0 unspecified atom stereocenters. The van der Waals surface area contributed by atoms with Crippen LogP contribution in [0, 0.1) is 4.77 Å². The number of esters is 1. The molecule has 100 valence electrons. The average Bonchev–Trinajstić information content (AvgIpc) is 2.74. The fourth-order valence-electron chi connectivity index (χ4n) is 1.88. The van der Waals surface area contributed by atoms with E-state index in [-0.39, 0.29) is 0 Å². The number of hydrogen-bond acceptors (Lipinski definition) is 4. The van der Waals surface area contributed by atoms with Gasteiger partial charge in [0.1, 0.15) is 5.75 Å². The highest BCUT2D eigenvalue weighted by Crippen LogP contribution is 2.27. The lowest BCUT2D eigenvalue weighted by Crippen LogP contribution is -2.04. The van der Waals surface area contributed by atoms with Gasteiger partial charge in [-0.05, 0) is 24.4 Å². The van der Waals surface area contributed by atoms with Gasteiger partial charge in [0.05, 0.1) is 19.9 Å². The summed E-state index contributed by atoms with van der Waals surface area (Å²) in [5.74, 6) is 0.255. The van der Waals surface area contributed by atoms with Crippen LogP contribution in [0.2, 0.25) is 0 Å². The molecule has 0 aliphatic heterocycles. The summed E-state index contributed by atoms with van der Waals surface area (Å²) >= 11 is 5.16. The molecule has 0 bridgehead atoms.